The Labute approximate surface area is 180 Å². The molecule has 2 aromatic carbocycles. The van der Waals surface area contributed by atoms with Crippen molar-refractivity contribution in [2.75, 3.05) is 5.32 Å². The number of anilines is 1. The maximum atomic E-state index is 13.0. The first kappa shape index (κ1) is 20.6. The van der Waals surface area contributed by atoms with Gasteiger partial charge in [0.15, 0.2) is 0 Å². The minimum atomic E-state index is -0.340. The highest BCUT2D eigenvalue weighted by Crippen LogP contribution is 2.26. The molecule has 7 heteroatoms. The summed E-state index contributed by atoms with van der Waals surface area (Å²) in [5.41, 5.74) is 1.81. The average Bonchev–Trinajstić information content (AvgIpc) is 3.25. The van der Waals surface area contributed by atoms with Crippen molar-refractivity contribution in [3.8, 4) is 0 Å². The van der Waals surface area contributed by atoms with Gasteiger partial charge in [-0.1, -0.05) is 60.9 Å². The Kier molecular flexibility index (Phi) is 6.81. The minimum Gasteiger partial charge on any atom is -0.320 e. The van der Waals surface area contributed by atoms with Crippen molar-refractivity contribution in [2.45, 2.75) is 51.2 Å². The van der Waals surface area contributed by atoms with Crippen molar-refractivity contribution in [3.05, 3.63) is 76.0 Å². The summed E-state index contributed by atoms with van der Waals surface area (Å²) in [5.74, 6) is -0.662. The van der Waals surface area contributed by atoms with Gasteiger partial charge in [0.05, 0.1) is 6.54 Å². The molecule has 30 heavy (non-hydrogen) atoms. The molecule has 1 amide bonds. The highest BCUT2D eigenvalue weighted by atomic mass is 32.1. The fourth-order valence-corrected chi connectivity index (χ4v) is 4.64. The molecule has 0 aliphatic heterocycles. The van der Waals surface area contributed by atoms with Crippen molar-refractivity contribution < 1.29 is 9.18 Å². The van der Waals surface area contributed by atoms with Crippen LogP contribution in [0, 0.1) is 5.82 Å². The molecule has 1 aliphatic rings. The van der Waals surface area contributed by atoms with Crippen LogP contribution < -0.4 is 5.32 Å². The van der Waals surface area contributed by atoms with Crippen LogP contribution in [0.1, 0.15) is 52.5 Å². The molecule has 0 radical (unpaired) electrons. The van der Waals surface area contributed by atoms with Crippen LogP contribution in [-0.4, -0.2) is 27.0 Å². The van der Waals surface area contributed by atoms with Gasteiger partial charge in [-0.05, 0) is 42.7 Å². The third-order valence-electron chi connectivity index (χ3n) is 5.42. The van der Waals surface area contributed by atoms with Crippen molar-refractivity contribution in [3.63, 3.8) is 0 Å². The zero-order chi connectivity index (χ0) is 20.8. The fourth-order valence-electron chi connectivity index (χ4n) is 3.88. The van der Waals surface area contributed by atoms with E-state index >= 15 is 0 Å². The standard InChI is InChI=1S/C23H25FN4OS/c24-18-11-13-19(14-12-18)25-22(29)23-27-26-21(30-23)16-28(20-9-5-2-6-10-20)15-17-7-3-1-4-8-17/h1,3-4,7-8,11-14,20H,2,5-6,9-10,15-16H2,(H,25,29). The lowest BCUT2D eigenvalue weighted by Crippen LogP contribution is -2.35. The van der Waals surface area contributed by atoms with E-state index in [0.717, 1.165) is 11.6 Å². The molecule has 0 saturated heterocycles. The largest absolute Gasteiger partial charge is 0.320 e. The van der Waals surface area contributed by atoms with Crippen LogP contribution in [0.4, 0.5) is 10.1 Å². The molecular formula is C23H25FN4OS. The van der Waals surface area contributed by atoms with Gasteiger partial charge in [-0.15, -0.1) is 10.2 Å². The molecule has 1 aliphatic carbocycles. The van der Waals surface area contributed by atoms with Gasteiger partial charge in [0.25, 0.3) is 5.91 Å². The Bertz CT molecular complexity index is 955. The molecule has 0 bridgehead atoms. The van der Waals surface area contributed by atoms with Crippen LogP contribution >= 0.6 is 11.3 Å². The molecule has 1 aromatic heterocycles. The van der Waals surface area contributed by atoms with E-state index in [1.807, 2.05) is 6.07 Å². The number of hydrogen-bond donors (Lipinski definition) is 1. The van der Waals surface area contributed by atoms with E-state index in [4.69, 9.17) is 0 Å². The molecule has 4 rings (SSSR count). The second kappa shape index (κ2) is 9.91. The summed E-state index contributed by atoms with van der Waals surface area (Å²) in [7, 11) is 0. The third-order valence-corrected chi connectivity index (χ3v) is 6.33. The van der Waals surface area contributed by atoms with E-state index in [1.165, 1.54) is 73.3 Å². The number of benzene rings is 2. The number of amides is 1. The molecule has 0 spiro atoms. The molecule has 1 heterocycles. The summed E-state index contributed by atoms with van der Waals surface area (Å²) in [6.45, 7) is 1.54. The van der Waals surface area contributed by atoms with Gasteiger partial charge >= 0.3 is 0 Å². The van der Waals surface area contributed by atoms with Crippen LogP contribution in [0.15, 0.2) is 54.6 Å². The second-order valence-corrected chi connectivity index (χ2v) is 8.71. The lowest BCUT2D eigenvalue weighted by Gasteiger charge is -2.33. The summed E-state index contributed by atoms with van der Waals surface area (Å²) in [4.78, 5) is 14.9. The number of nitrogens with zero attached hydrogens (tertiary/aromatic N) is 3. The summed E-state index contributed by atoms with van der Waals surface area (Å²) < 4.78 is 13.0. The van der Waals surface area contributed by atoms with E-state index in [2.05, 4.69) is 44.7 Å². The lowest BCUT2D eigenvalue weighted by atomic mass is 9.94. The van der Waals surface area contributed by atoms with Gasteiger partial charge in [-0.25, -0.2) is 4.39 Å². The molecule has 1 N–H and O–H groups in total. The van der Waals surface area contributed by atoms with Crippen molar-refractivity contribution in [1.82, 2.24) is 15.1 Å². The highest BCUT2D eigenvalue weighted by molar-refractivity contribution is 7.13. The maximum absolute atomic E-state index is 13.0. The van der Waals surface area contributed by atoms with Gasteiger partial charge in [0.2, 0.25) is 5.01 Å². The Morgan fingerprint density at radius 3 is 2.47 bits per heavy atom. The Balaban J connectivity index is 1.44. The van der Waals surface area contributed by atoms with Crippen molar-refractivity contribution >= 4 is 22.9 Å². The predicted octanol–water partition coefficient (Wildman–Crippen LogP) is 5.26. The molecule has 1 saturated carbocycles. The van der Waals surface area contributed by atoms with Crippen LogP contribution in [0.2, 0.25) is 0 Å². The average molecular weight is 425 g/mol. The van der Waals surface area contributed by atoms with Crippen LogP contribution in [0.3, 0.4) is 0 Å². The first-order chi connectivity index (χ1) is 14.7. The molecule has 3 aromatic rings. The molecule has 0 atom stereocenters. The van der Waals surface area contributed by atoms with E-state index in [0.29, 0.717) is 23.3 Å². The fraction of sp³-hybridized carbons (Fsp3) is 0.348. The van der Waals surface area contributed by atoms with Crippen LogP contribution in [0.5, 0.6) is 0 Å². The Hall–Kier alpha value is -2.64. The Morgan fingerprint density at radius 2 is 1.73 bits per heavy atom. The zero-order valence-electron chi connectivity index (χ0n) is 16.8. The minimum absolute atomic E-state index is 0.317. The summed E-state index contributed by atoms with van der Waals surface area (Å²) in [5, 5.41) is 12.3. The number of rotatable bonds is 7. The maximum Gasteiger partial charge on any atom is 0.286 e. The van der Waals surface area contributed by atoms with Gasteiger partial charge in [-0.2, -0.15) is 0 Å². The van der Waals surface area contributed by atoms with Gasteiger partial charge in [-0.3, -0.25) is 9.69 Å². The second-order valence-electron chi connectivity index (χ2n) is 7.64. The van der Waals surface area contributed by atoms with E-state index in [1.54, 1.807) is 0 Å². The number of nitrogens with one attached hydrogen (secondary N) is 1. The van der Waals surface area contributed by atoms with Crippen LogP contribution in [0.25, 0.3) is 0 Å². The van der Waals surface area contributed by atoms with Gasteiger partial charge in [0.1, 0.15) is 10.8 Å². The van der Waals surface area contributed by atoms with Gasteiger partial charge < -0.3 is 5.32 Å². The first-order valence-electron chi connectivity index (χ1n) is 10.3. The molecule has 1 fully saturated rings. The van der Waals surface area contributed by atoms with E-state index in [-0.39, 0.29) is 11.7 Å². The SMILES string of the molecule is O=C(Nc1ccc(F)cc1)c1nnc(CN(Cc2ccccc2)C2CCCCC2)s1. The molecular weight excluding hydrogens is 399 g/mol. The number of aromatic nitrogens is 2. The van der Waals surface area contributed by atoms with Gasteiger partial charge in [0, 0.05) is 18.3 Å². The first-order valence-corrected chi connectivity index (χ1v) is 11.2. The molecule has 5 nitrogen and oxygen atoms in total. The topological polar surface area (TPSA) is 58.1 Å². The highest BCUT2D eigenvalue weighted by Gasteiger charge is 2.23. The van der Waals surface area contributed by atoms with E-state index in [9.17, 15) is 9.18 Å². The number of halogens is 1. The Morgan fingerprint density at radius 1 is 1.00 bits per heavy atom. The lowest BCUT2D eigenvalue weighted by molar-refractivity contribution is 0.102. The third kappa shape index (κ3) is 5.49. The number of carbonyl (C=O) groups excluding carboxylic acids is 1. The quantitative estimate of drug-likeness (QED) is 0.562. The molecule has 0 unspecified atom stereocenters. The normalized spacial score (nSPS) is 14.7. The summed E-state index contributed by atoms with van der Waals surface area (Å²) in [6.07, 6.45) is 6.23. The summed E-state index contributed by atoms with van der Waals surface area (Å²) in [6, 6.07) is 16.7. The van der Waals surface area contributed by atoms with Crippen molar-refractivity contribution in [1.29, 1.82) is 0 Å². The monoisotopic (exact) mass is 424 g/mol. The zero-order valence-corrected chi connectivity index (χ0v) is 17.6. The smallest absolute Gasteiger partial charge is 0.286 e. The van der Waals surface area contributed by atoms with E-state index < -0.39 is 0 Å². The predicted molar refractivity (Wildman–Crippen MR) is 117 cm³/mol. The van der Waals surface area contributed by atoms with Crippen LogP contribution in [-0.2, 0) is 13.1 Å². The number of hydrogen-bond acceptors (Lipinski definition) is 5. The summed E-state index contributed by atoms with van der Waals surface area (Å²) >= 11 is 1.32. The molecule has 156 valence electrons. The van der Waals surface area contributed by atoms with Crippen molar-refractivity contribution in [2.24, 2.45) is 0 Å². The number of carbonyl (C=O) groups is 1.